The maximum Gasteiger partial charge on any atom is 0.287 e. The van der Waals surface area contributed by atoms with Crippen molar-refractivity contribution in [1.82, 2.24) is 24.4 Å². The van der Waals surface area contributed by atoms with Crippen LogP contribution in [-0.4, -0.2) is 53.0 Å². The maximum absolute atomic E-state index is 12.6. The van der Waals surface area contributed by atoms with E-state index in [9.17, 15) is 13.2 Å². The van der Waals surface area contributed by atoms with Gasteiger partial charge in [0.25, 0.3) is 15.9 Å². The minimum absolute atomic E-state index is 0.000608. The number of aryl methyl sites for hydroxylation is 1. The van der Waals surface area contributed by atoms with Crippen molar-refractivity contribution in [2.45, 2.75) is 63.0 Å². The highest BCUT2D eigenvalue weighted by molar-refractivity contribution is 7.89. The van der Waals surface area contributed by atoms with E-state index in [1.807, 2.05) is 0 Å². The molecule has 2 aromatic heterocycles. The van der Waals surface area contributed by atoms with Crippen molar-refractivity contribution in [3.05, 3.63) is 29.5 Å². The molecular weight excluding hydrogens is 394 g/mol. The van der Waals surface area contributed by atoms with Crippen LogP contribution in [0, 0.1) is 0 Å². The maximum atomic E-state index is 12.6. The number of hydrogen-bond donors (Lipinski definition) is 1. The molecule has 9 nitrogen and oxygen atoms in total. The van der Waals surface area contributed by atoms with Crippen molar-refractivity contribution in [2.75, 3.05) is 19.6 Å². The lowest BCUT2D eigenvalue weighted by molar-refractivity contribution is 0.0920. The molecule has 4 heterocycles. The standard InChI is InChI=1S/C19H27N5O4S/c25-19(20-11-10-17-22-21-16-7-3-1-6-14-24(16)17)15-8-9-18(28-15)29(26,27)23-12-4-2-5-13-23/h8-9H,1-7,10-14H2,(H,20,25). The third-order valence-electron chi connectivity index (χ3n) is 5.53. The van der Waals surface area contributed by atoms with E-state index in [2.05, 4.69) is 20.1 Å². The van der Waals surface area contributed by atoms with E-state index in [4.69, 9.17) is 4.42 Å². The zero-order chi connectivity index (χ0) is 20.3. The first-order valence-electron chi connectivity index (χ1n) is 10.3. The Hall–Kier alpha value is -2.20. The number of hydrogen-bond acceptors (Lipinski definition) is 6. The van der Waals surface area contributed by atoms with Gasteiger partial charge in [0, 0.05) is 39.0 Å². The van der Waals surface area contributed by atoms with Gasteiger partial charge in [-0.1, -0.05) is 12.8 Å². The minimum atomic E-state index is -3.68. The molecule has 2 aliphatic heterocycles. The first kappa shape index (κ1) is 20.1. The highest BCUT2D eigenvalue weighted by Gasteiger charge is 2.29. The lowest BCUT2D eigenvalue weighted by Crippen LogP contribution is -2.35. The van der Waals surface area contributed by atoms with Crippen LogP contribution in [0.3, 0.4) is 0 Å². The molecule has 0 aliphatic carbocycles. The van der Waals surface area contributed by atoms with Crippen molar-refractivity contribution in [3.63, 3.8) is 0 Å². The summed E-state index contributed by atoms with van der Waals surface area (Å²) < 4.78 is 34.2. The van der Waals surface area contributed by atoms with E-state index in [-0.39, 0.29) is 10.9 Å². The second-order valence-corrected chi connectivity index (χ2v) is 9.45. The van der Waals surface area contributed by atoms with E-state index in [0.717, 1.165) is 56.7 Å². The van der Waals surface area contributed by atoms with Crippen molar-refractivity contribution >= 4 is 15.9 Å². The van der Waals surface area contributed by atoms with Crippen LogP contribution in [0.2, 0.25) is 0 Å². The molecule has 0 bridgehead atoms. The highest BCUT2D eigenvalue weighted by Crippen LogP contribution is 2.22. The number of aromatic nitrogens is 3. The summed E-state index contributed by atoms with van der Waals surface area (Å²) in [5.41, 5.74) is 0. The van der Waals surface area contributed by atoms with Crippen LogP contribution in [0.4, 0.5) is 0 Å². The van der Waals surface area contributed by atoms with Gasteiger partial charge in [0.05, 0.1) is 0 Å². The quantitative estimate of drug-likeness (QED) is 0.761. The molecule has 2 aromatic rings. The van der Waals surface area contributed by atoms with Crippen LogP contribution in [-0.2, 0) is 29.4 Å². The molecule has 0 unspecified atom stereocenters. The molecule has 1 N–H and O–H groups in total. The smallest absolute Gasteiger partial charge is 0.287 e. The van der Waals surface area contributed by atoms with Crippen LogP contribution in [0.5, 0.6) is 0 Å². The van der Waals surface area contributed by atoms with Gasteiger partial charge in [-0.05, 0) is 37.8 Å². The molecule has 1 amide bonds. The van der Waals surface area contributed by atoms with Gasteiger partial charge in [0.2, 0.25) is 5.09 Å². The Morgan fingerprint density at radius 3 is 2.62 bits per heavy atom. The van der Waals surface area contributed by atoms with Crippen molar-refractivity contribution in [1.29, 1.82) is 0 Å². The Labute approximate surface area is 170 Å². The van der Waals surface area contributed by atoms with Gasteiger partial charge < -0.3 is 14.3 Å². The number of carbonyl (C=O) groups excluding carboxylic acids is 1. The number of amides is 1. The van der Waals surface area contributed by atoms with Crippen LogP contribution < -0.4 is 5.32 Å². The fourth-order valence-corrected chi connectivity index (χ4v) is 5.35. The fraction of sp³-hybridized carbons (Fsp3) is 0.632. The summed E-state index contributed by atoms with van der Waals surface area (Å²) >= 11 is 0. The monoisotopic (exact) mass is 421 g/mol. The molecule has 29 heavy (non-hydrogen) atoms. The lowest BCUT2D eigenvalue weighted by atomic mass is 10.2. The number of sulfonamides is 1. The van der Waals surface area contributed by atoms with Gasteiger partial charge in [-0.15, -0.1) is 10.2 Å². The van der Waals surface area contributed by atoms with Gasteiger partial charge in [0.15, 0.2) is 5.76 Å². The minimum Gasteiger partial charge on any atom is -0.438 e. The third kappa shape index (κ3) is 4.37. The van der Waals surface area contributed by atoms with Gasteiger partial charge in [-0.3, -0.25) is 4.79 Å². The zero-order valence-corrected chi connectivity index (χ0v) is 17.3. The highest BCUT2D eigenvalue weighted by atomic mass is 32.2. The van der Waals surface area contributed by atoms with Gasteiger partial charge in [-0.2, -0.15) is 4.31 Å². The van der Waals surface area contributed by atoms with Gasteiger partial charge in [0.1, 0.15) is 11.6 Å². The summed E-state index contributed by atoms with van der Waals surface area (Å²) in [7, 11) is -3.68. The normalized spacial score (nSPS) is 18.2. The molecule has 10 heteroatoms. The van der Waals surface area contributed by atoms with E-state index < -0.39 is 15.9 Å². The molecule has 4 rings (SSSR count). The van der Waals surface area contributed by atoms with E-state index >= 15 is 0 Å². The molecule has 158 valence electrons. The van der Waals surface area contributed by atoms with Crippen LogP contribution in [0.25, 0.3) is 0 Å². The van der Waals surface area contributed by atoms with Crippen molar-refractivity contribution in [2.24, 2.45) is 0 Å². The first-order valence-corrected chi connectivity index (χ1v) is 11.8. The number of nitrogens with zero attached hydrogens (tertiary/aromatic N) is 4. The molecule has 1 saturated heterocycles. The third-order valence-corrected chi connectivity index (χ3v) is 7.31. The number of nitrogens with one attached hydrogen (secondary N) is 1. The van der Waals surface area contributed by atoms with E-state index in [1.165, 1.54) is 22.9 Å². The predicted octanol–water partition coefficient (Wildman–Crippen LogP) is 1.74. The topological polar surface area (TPSA) is 110 Å². The molecule has 2 aliphatic rings. The van der Waals surface area contributed by atoms with E-state index in [1.54, 1.807) is 0 Å². The van der Waals surface area contributed by atoms with Crippen LogP contribution in [0.15, 0.2) is 21.6 Å². The van der Waals surface area contributed by atoms with Gasteiger partial charge >= 0.3 is 0 Å². The summed E-state index contributed by atoms with van der Waals surface area (Å²) in [5.74, 6) is 1.46. The number of fused-ring (bicyclic) bond motifs is 1. The molecule has 0 saturated carbocycles. The molecule has 0 spiro atoms. The summed E-state index contributed by atoms with van der Waals surface area (Å²) in [5, 5.41) is 11.1. The van der Waals surface area contributed by atoms with Crippen molar-refractivity contribution in [3.8, 4) is 0 Å². The Balaban J connectivity index is 1.35. The summed E-state index contributed by atoms with van der Waals surface area (Å²) in [6, 6.07) is 2.77. The summed E-state index contributed by atoms with van der Waals surface area (Å²) in [6.45, 7) is 2.29. The Bertz CT molecular complexity index is 959. The average molecular weight is 422 g/mol. The summed E-state index contributed by atoms with van der Waals surface area (Å²) in [6.07, 6.45) is 7.69. The summed E-state index contributed by atoms with van der Waals surface area (Å²) in [4.78, 5) is 12.4. The predicted molar refractivity (Wildman–Crippen MR) is 105 cm³/mol. The molecule has 0 atom stereocenters. The van der Waals surface area contributed by atoms with Crippen LogP contribution >= 0.6 is 0 Å². The Morgan fingerprint density at radius 1 is 1.03 bits per heavy atom. The Kier molecular flexibility index (Phi) is 6.00. The molecule has 1 fully saturated rings. The van der Waals surface area contributed by atoms with Gasteiger partial charge in [-0.25, -0.2) is 8.42 Å². The lowest BCUT2D eigenvalue weighted by Gasteiger charge is -2.24. The second kappa shape index (κ2) is 8.66. The number of furan rings is 1. The SMILES string of the molecule is O=C(NCCc1nnc2n1CCCCC2)c1ccc(S(=O)(=O)N2CCCCC2)o1. The van der Waals surface area contributed by atoms with Crippen LogP contribution in [0.1, 0.15) is 60.7 Å². The van der Waals surface area contributed by atoms with Crippen molar-refractivity contribution < 1.29 is 17.6 Å². The molecule has 0 aromatic carbocycles. The molecular formula is C19H27N5O4S. The number of rotatable bonds is 6. The first-order chi connectivity index (χ1) is 14.1. The largest absolute Gasteiger partial charge is 0.438 e. The fourth-order valence-electron chi connectivity index (χ4n) is 3.92. The average Bonchev–Trinajstić information content (AvgIpc) is 3.31. The Morgan fingerprint density at radius 2 is 1.79 bits per heavy atom. The second-order valence-electron chi connectivity index (χ2n) is 7.58. The zero-order valence-electron chi connectivity index (χ0n) is 16.5. The van der Waals surface area contributed by atoms with E-state index in [0.29, 0.717) is 26.1 Å². The number of piperidine rings is 1. The molecule has 0 radical (unpaired) electrons. The number of carbonyl (C=O) groups is 1.